The third-order valence-corrected chi connectivity index (χ3v) is 1.74. The molecule has 0 aliphatic heterocycles. The van der Waals surface area contributed by atoms with Crippen molar-refractivity contribution in [3.05, 3.63) is 29.8 Å². The van der Waals surface area contributed by atoms with Crippen LogP contribution in [0.25, 0.3) is 0 Å². The molecule has 0 N–H and O–H groups in total. The van der Waals surface area contributed by atoms with Crippen LogP contribution in [0, 0.1) is 0 Å². The molecule has 0 saturated heterocycles. The Bertz CT molecular complexity index is 206. The van der Waals surface area contributed by atoms with E-state index < -0.39 is 0 Å². The summed E-state index contributed by atoms with van der Waals surface area (Å²) in [5.41, 5.74) is 1.27. The molecule has 0 spiro atoms. The van der Waals surface area contributed by atoms with Crippen LogP contribution < -0.4 is 24.0 Å². The van der Waals surface area contributed by atoms with Gasteiger partial charge >= 0.3 is 18.9 Å². The molecule has 0 unspecified atom stereocenters. The Hall–Kier alpha value is -0.383. The molecule has 1 aromatic rings. The molecule has 0 saturated carbocycles. The van der Waals surface area contributed by atoms with Crippen molar-refractivity contribution in [2.75, 3.05) is 0 Å². The molecule has 0 atom stereocenters. The normalized spacial score (nSPS) is 9.08. The molecule has 60 valence electrons. The Morgan fingerprint density at radius 3 is 2.25 bits per heavy atom. The van der Waals surface area contributed by atoms with Crippen LogP contribution in [0.4, 0.5) is 0 Å². The van der Waals surface area contributed by atoms with Crippen molar-refractivity contribution < 1.29 is 24.0 Å². The molecule has 0 aromatic heterocycles. The first kappa shape index (κ1) is 11.6. The zero-order valence-electron chi connectivity index (χ0n) is 7.84. The number of aryl methyl sites for hydroxylation is 1. The first-order valence-electron chi connectivity index (χ1n) is 4.09. The van der Waals surface area contributed by atoms with Gasteiger partial charge in [-0.1, -0.05) is 37.6 Å². The maximum absolute atomic E-state index is 10.7. The molecular weight excluding hydrogens is 143 g/mol. The summed E-state index contributed by atoms with van der Waals surface area (Å²) in [6, 6.07) is 7.09. The van der Waals surface area contributed by atoms with Crippen LogP contribution in [-0.2, 0) is 6.42 Å². The molecule has 2 heteroatoms. The van der Waals surface area contributed by atoms with Crippen molar-refractivity contribution in [2.24, 2.45) is 0 Å². The van der Waals surface area contributed by atoms with Crippen molar-refractivity contribution in [2.45, 2.75) is 26.2 Å². The molecule has 0 fully saturated rings. The fraction of sp³-hybridized carbons (Fsp3) is 0.400. The molecule has 0 amide bonds. The maximum Gasteiger partial charge on any atom is 1.00 e. The Morgan fingerprint density at radius 1 is 1.17 bits per heavy atom. The van der Waals surface area contributed by atoms with E-state index in [1.54, 1.807) is 12.1 Å². The fourth-order valence-electron chi connectivity index (χ4n) is 1.04. The average molecular weight is 156 g/mol. The van der Waals surface area contributed by atoms with Crippen LogP contribution in [-0.4, -0.2) is 0 Å². The number of benzene rings is 1. The van der Waals surface area contributed by atoms with Gasteiger partial charge in [0.1, 0.15) is 0 Å². The molecule has 12 heavy (non-hydrogen) atoms. The van der Waals surface area contributed by atoms with Gasteiger partial charge in [-0.3, -0.25) is 0 Å². The minimum absolute atomic E-state index is 0. The van der Waals surface area contributed by atoms with E-state index in [4.69, 9.17) is 0 Å². The molecule has 0 radical (unpaired) electrons. The van der Waals surface area contributed by atoms with E-state index in [0.717, 1.165) is 6.42 Å². The van der Waals surface area contributed by atoms with Gasteiger partial charge < -0.3 is 5.11 Å². The number of rotatable bonds is 3. The fourth-order valence-corrected chi connectivity index (χ4v) is 1.04. The zero-order valence-corrected chi connectivity index (χ0v) is 7.84. The molecule has 1 aromatic carbocycles. The minimum atomic E-state index is 0. The van der Waals surface area contributed by atoms with Crippen LogP contribution in [0.1, 0.15) is 25.3 Å². The molecular formula is C10H13LiO. The SMILES string of the molecule is CCCCc1ccc([O-])cc1.[Li+]. The van der Waals surface area contributed by atoms with Gasteiger partial charge in [-0.25, -0.2) is 0 Å². The van der Waals surface area contributed by atoms with E-state index in [1.807, 2.05) is 12.1 Å². The standard InChI is InChI=1S/C10H14O.Li/c1-2-3-4-9-5-7-10(11)8-6-9;/h5-8,11H,2-4H2,1H3;/q;+1/p-1. The van der Waals surface area contributed by atoms with E-state index in [0.29, 0.717) is 0 Å². The molecule has 1 nitrogen and oxygen atoms in total. The van der Waals surface area contributed by atoms with Crippen LogP contribution in [0.3, 0.4) is 0 Å². The van der Waals surface area contributed by atoms with Crippen molar-refractivity contribution in [3.63, 3.8) is 0 Å². The summed E-state index contributed by atoms with van der Waals surface area (Å²) in [5.74, 6) is 0.102. The second-order valence-electron chi connectivity index (χ2n) is 2.75. The summed E-state index contributed by atoms with van der Waals surface area (Å²) in [4.78, 5) is 0. The summed E-state index contributed by atoms with van der Waals surface area (Å²) >= 11 is 0. The third kappa shape index (κ3) is 3.85. The van der Waals surface area contributed by atoms with Crippen LogP contribution in [0.2, 0.25) is 0 Å². The summed E-state index contributed by atoms with van der Waals surface area (Å²) in [6.07, 6.45) is 3.51. The van der Waals surface area contributed by atoms with Crippen molar-refractivity contribution in [1.29, 1.82) is 0 Å². The number of hydrogen-bond acceptors (Lipinski definition) is 1. The number of hydrogen-bond donors (Lipinski definition) is 0. The minimum Gasteiger partial charge on any atom is -0.872 e. The van der Waals surface area contributed by atoms with E-state index >= 15 is 0 Å². The van der Waals surface area contributed by atoms with Gasteiger partial charge in [0, 0.05) is 0 Å². The Labute approximate surface area is 86.0 Å². The summed E-state index contributed by atoms with van der Waals surface area (Å²) in [7, 11) is 0. The predicted octanol–water partition coefficient (Wildman–Crippen LogP) is -0.893. The largest absolute Gasteiger partial charge is 1.00 e. The van der Waals surface area contributed by atoms with Crippen LogP contribution >= 0.6 is 0 Å². The summed E-state index contributed by atoms with van der Waals surface area (Å²) in [5, 5.41) is 10.7. The van der Waals surface area contributed by atoms with Gasteiger partial charge in [0.25, 0.3) is 0 Å². The van der Waals surface area contributed by atoms with Gasteiger partial charge in [-0.05, 0) is 18.4 Å². The van der Waals surface area contributed by atoms with Crippen molar-refractivity contribution in [1.82, 2.24) is 0 Å². The third-order valence-electron chi connectivity index (χ3n) is 1.74. The van der Waals surface area contributed by atoms with E-state index in [1.165, 1.54) is 18.4 Å². The van der Waals surface area contributed by atoms with E-state index in [9.17, 15) is 5.11 Å². The quantitative estimate of drug-likeness (QED) is 0.520. The Balaban J connectivity index is 0.00000121. The molecule has 1 rings (SSSR count). The van der Waals surface area contributed by atoms with Gasteiger partial charge in [-0.2, -0.15) is 0 Å². The predicted molar refractivity (Wildman–Crippen MR) is 44.5 cm³/mol. The smallest absolute Gasteiger partial charge is 0.872 e. The maximum atomic E-state index is 10.7. The van der Waals surface area contributed by atoms with Gasteiger partial charge in [0.2, 0.25) is 0 Å². The van der Waals surface area contributed by atoms with Gasteiger partial charge in [-0.15, -0.1) is 5.75 Å². The van der Waals surface area contributed by atoms with Crippen molar-refractivity contribution >= 4 is 0 Å². The van der Waals surface area contributed by atoms with Crippen LogP contribution in [0.15, 0.2) is 24.3 Å². The second kappa shape index (κ2) is 6.17. The molecule has 0 aliphatic carbocycles. The number of unbranched alkanes of at least 4 members (excludes halogenated alkanes) is 1. The first-order chi connectivity index (χ1) is 5.33. The average Bonchev–Trinajstić information content (AvgIpc) is 2.04. The molecule has 0 aliphatic rings. The molecule has 0 heterocycles. The van der Waals surface area contributed by atoms with E-state index in [-0.39, 0.29) is 24.6 Å². The van der Waals surface area contributed by atoms with Gasteiger partial charge in [0.15, 0.2) is 0 Å². The van der Waals surface area contributed by atoms with Gasteiger partial charge in [0.05, 0.1) is 0 Å². The Morgan fingerprint density at radius 2 is 1.75 bits per heavy atom. The second-order valence-corrected chi connectivity index (χ2v) is 2.75. The summed E-state index contributed by atoms with van der Waals surface area (Å²) < 4.78 is 0. The zero-order chi connectivity index (χ0) is 8.10. The van der Waals surface area contributed by atoms with Crippen LogP contribution in [0.5, 0.6) is 5.75 Å². The van der Waals surface area contributed by atoms with Crippen molar-refractivity contribution in [3.8, 4) is 5.75 Å². The monoisotopic (exact) mass is 156 g/mol. The van der Waals surface area contributed by atoms with E-state index in [2.05, 4.69) is 6.92 Å². The first-order valence-corrected chi connectivity index (χ1v) is 4.09. The Kier molecular flexibility index (Phi) is 5.97. The molecule has 0 bridgehead atoms. The topological polar surface area (TPSA) is 23.1 Å². The summed E-state index contributed by atoms with van der Waals surface area (Å²) in [6.45, 7) is 2.17.